The maximum atomic E-state index is 13.8. The third kappa shape index (κ3) is 3.00. The number of alkyl halides is 1. The molecule has 1 aromatic carbocycles. The number of hydrogen-bond acceptors (Lipinski definition) is 2. The first-order valence-electron chi connectivity index (χ1n) is 6.71. The molecule has 0 saturated carbocycles. The van der Waals surface area contributed by atoms with Crippen molar-refractivity contribution in [2.45, 2.75) is 37.5 Å². The average Bonchev–Trinajstić information content (AvgIpc) is 2.42. The summed E-state index contributed by atoms with van der Waals surface area (Å²) in [6.07, 6.45) is 1.73. The van der Waals surface area contributed by atoms with Gasteiger partial charge in [0.25, 0.3) is 0 Å². The van der Waals surface area contributed by atoms with Gasteiger partial charge in [-0.2, -0.15) is 4.31 Å². The van der Waals surface area contributed by atoms with Crippen LogP contribution in [0.3, 0.4) is 0 Å². The highest BCUT2D eigenvalue weighted by molar-refractivity contribution is 7.89. The van der Waals surface area contributed by atoms with Crippen molar-refractivity contribution in [1.82, 2.24) is 4.31 Å². The summed E-state index contributed by atoms with van der Waals surface area (Å²) in [4.78, 5) is 0.140. The molecule has 112 valence electrons. The van der Waals surface area contributed by atoms with Crippen molar-refractivity contribution in [2.24, 2.45) is 5.92 Å². The molecule has 20 heavy (non-hydrogen) atoms. The van der Waals surface area contributed by atoms with Gasteiger partial charge in [-0.1, -0.05) is 6.92 Å². The molecule has 1 aromatic rings. The van der Waals surface area contributed by atoms with Crippen LogP contribution in [0.15, 0.2) is 17.0 Å². The van der Waals surface area contributed by atoms with E-state index in [1.165, 1.54) is 16.4 Å². The number of benzene rings is 1. The first-order chi connectivity index (χ1) is 9.36. The highest BCUT2D eigenvalue weighted by Gasteiger charge is 2.29. The normalized spacial score (nSPS) is 18.4. The van der Waals surface area contributed by atoms with Gasteiger partial charge in [-0.3, -0.25) is 0 Å². The van der Waals surface area contributed by atoms with Crippen LogP contribution >= 0.6 is 11.6 Å². The van der Waals surface area contributed by atoms with Gasteiger partial charge in [-0.25, -0.2) is 12.8 Å². The van der Waals surface area contributed by atoms with Crippen LogP contribution < -0.4 is 0 Å². The quantitative estimate of drug-likeness (QED) is 0.802. The molecule has 0 aliphatic carbocycles. The van der Waals surface area contributed by atoms with Crippen LogP contribution in [0, 0.1) is 18.7 Å². The van der Waals surface area contributed by atoms with Gasteiger partial charge >= 0.3 is 0 Å². The first kappa shape index (κ1) is 15.7. The summed E-state index contributed by atoms with van der Waals surface area (Å²) >= 11 is 5.68. The van der Waals surface area contributed by atoms with Gasteiger partial charge in [0.05, 0.1) is 10.8 Å². The van der Waals surface area contributed by atoms with Crippen LogP contribution in [-0.2, 0) is 15.9 Å². The highest BCUT2D eigenvalue weighted by atomic mass is 35.5. The van der Waals surface area contributed by atoms with Gasteiger partial charge in [0.15, 0.2) is 0 Å². The predicted octanol–water partition coefficient (Wildman–Crippen LogP) is 3.29. The van der Waals surface area contributed by atoms with E-state index in [0.29, 0.717) is 24.6 Å². The summed E-state index contributed by atoms with van der Waals surface area (Å²) in [5.74, 6) is 0.0913. The molecule has 1 fully saturated rings. The third-order valence-electron chi connectivity index (χ3n) is 3.83. The molecule has 0 aromatic heterocycles. The molecule has 2 rings (SSSR count). The number of sulfonamides is 1. The Bertz CT molecular complexity index is 595. The first-order valence-corrected chi connectivity index (χ1v) is 8.69. The maximum Gasteiger partial charge on any atom is 0.243 e. The molecule has 0 bridgehead atoms. The van der Waals surface area contributed by atoms with E-state index in [1.807, 2.05) is 0 Å². The zero-order chi connectivity index (χ0) is 14.9. The van der Waals surface area contributed by atoms with Crippen molar-refractivity contribution >= 4 is 21.6 Å². The van der Waals surface area contributed by atoms with Crippen LogP contribution in [0.25, 0.3) is 0 Å². The van der Waals surface area contributed by atoms with E-state index in [-0.39, 0.29) is 16.3 Å². The van der Waals surface area contributed by atoms with Gasteiger partial charge in [0, 0.05) is 18.7 Å². The Balaban J connectivity index is 2.37. The van der Waals surface area contributed by atoms with E-state index in [9.17, 15) is 12.8 Å². The zero-order valence-electron chi connectivity index (χ0n) is 11.7. The van der Waals surface area contributed by atoms with Crippen molar-refractivity contribution in [3.05, 3.63) is 29.1 Å². The number of piperidine rings is 1. The second kappa shape index (κ2) is 6.00. The highest BCUT2D eigenvalue weighted by Crippen LogP contribution is 2.26. The summed E-state index contributed by atoms with van der Waals surface area (Å²) in [5.41, 5.74) is 0.544. The standard InChI is InChI=1S/C14H19ClFNO2S/c1-10-3-5-17(6-4-10)20(18,19)13-7-11(2)14(16)12(8-13)9-15/h7-8,10H,3-6,9H2,1-2H3. The summed E-state index contributed by atoms with van der Waals surface area (Å²) in [6.45, 7) is 4.73. The molecule has 1 saturated heterocycles. The number of halogens is 2. The van der Waals surface area contributed by atoms with Crippen LogP contribution in [0.1, 0.15) is 30.9 Å². The fraction of sp³-hybridized carbons (Fsp3) is 0.571. The minimum Gasteiger partial charge on any atom is -0.207 e. The second-order valence-corrected chi connectivity index (χ2v) is 7.64. The fourth-order valence-electron chi connectivity index (χ4n) is 2.43. The lowest BCUT2D eigenvalue weighted by atomic mass is 10.0. The lowest BCUT2D eigenvalue weighted by molar-refractivity contribution is 0.288. The topological polar surface area (TPSA) is 37.4 Å². The second-order valence-electron chi connectivity index (χ2n) is 5.43. The molecule has 0 atom stereocenters. The van der Waals surface area contributed by atoms with Crippen molar-refractivity contribution in [3.8, 4) is 0 Å². The summed E-state index contributed by atoms with van der Waals surface area (Å²) in [5, 5.41) is 0. The van der Waals surface area contributed by atoms with Crippen molar-refractivity contribution in [3.63, 3.8) is 0 Å². The van der Waals surface area contributed by atoms with E-state index in [4.69, 9.17) is 11.6 Å². The summed E-state index contributed by atoms with van der Waals surface area (Å²) in [7, 11) is -3.55. The Morgan fingerprint density at radius 2 is 1.95 bits per heavy atom. The van der Waals surface area contributed by atoms with Crippen LogP contribution in [0.2, 0.25) is 0 Å². The van der Waals surface area contributed by atoms with Crippen molar-refractivity contribution in [2.75, 3.05) is 13.1 Å². The van der Waals surface area contributed by atoms with E-state index >= 15 is 0 Å². The number of aryl methyl sites for hydroxylation is 1. The zero-order valence-corrected chi connectivity index (χ0v) is 13.3. The molecule has 6 heteroatoms. The molecule has 0 radical (unpaired) electrons. The Kier molecular flexibility index (Phi) is 4.72. The number of rotatable bonds is 3. The summed E-state index contributed by atoms with van der Waals surface area (Å²) < 4.78 is 40.4. The molecular weight excluding hydrogens is 301 g/mol. The Hall–Kier alpha value is -0.650. The lowest BCUT2D eigenvalue weighted by Crippen LogP contribution is -2.38. The largest absolute Gasteiger partial charge is 0.243 e. The molecule has 0 N–H and O–H groups in total. The Morgan fingerprint density at radius 3 is 2.50 bits per heavy atom. The molecule has 3 nitrogen and oxygen atoms in total. The molecule has 0 unspecified atom stereocenters. The van der Waals surface area contributed by atoms with E-state index < -0.39 is 15.8 Å². The van der Waals surface area contributed by atoms with Gasteiger partial charge < -0.3 is 0 Å². The molecule has 0 amide bonds. The van der Waals surface area contributed by atoms with Crippen LogP contribution in [0.5, 0.6) is 0 Å². The van der Waals surface area contributed by atoms with Crippen LogP contribution in [0.4, 0.5) is 4.39 Å². The van der Waals surface area contributed by atoms with Crippen LogP contribution in [-0.4, -0.2) is 25.8 Å². The van der Waals surface area contributed by atoms with Gasteiger partial charge in [0.2, 0.25) is 10.0 Å². The van der Waals surface area contributed by atoms with E-state index in [0.717, 1.165) is 12.8 Å². The molecule has 1 aliphatic heterocycles. The van der Waals surface area contributed by atoms with Crippen molar-refractivity contribution in [1.29, 1.82) is 0 Å². The van der Waals surface area contributed by atoms with Crippen molar-refractivity contribution < 1.29 is 12.8 Å². The molecule has 1 aliphatic rings. The molecule has 1 heterocycles. The minimum absolute atomic E-state index is 0.0347. The fourth-order valence-corrected chi connectivity index (χ4v) is 4.23. The Morgan fingerprint density at radius 1 is 1.35 bits per heavy atom. The molecular formula is C14H19ClFNO2S. The Labute approximate surface area is 124 Å². The maximum absolute atomic E-state index is 13.8. The van der Waals surface area contributed by atoms with E-state index in [1.54, 1.807) is 6.92 Å². The minimum atomic E-state index is -3.55. The van der Waals surface area contributed by atoms with E-state index in [2.05, 4.69) is 6.92 Å². The van der Waals surface area contributed by atoms with Gasteiger partial charge in [-0.05, 0) is 43.4 Å². The van der Waals surface area contributed by atoms with Gasteiger partial charge in [0.1, 0.15) is 5.82 Å². The third-order valence-corrected chi connectivity index (χ3v) is 5.99. The predicted molar refractivity (Wildman–Crippen MR) is 77.9 cm³/mol. The average molecular weight is 320 g/mol. The van der Waals surface area contributed by atoms with Gasteiger partial charge in [-0.15, -0.1) is 11.6 Å². The number of nitrogens with zero attached hydrogens (tertiary/aromatic N) is 1. The molecule has 0 spiro atoms. The smallest absolute Gasteiger partial charge is 0.207 e. The monoisotopic (exact) mass is 319 g/mol. The lowest BCUT2D eigenvalue weighted by Gasteiger charge is -2.29. The SMILES string of the molecule is Cc1cc(S(=O)(=O)N2CCC(C)CC2)cc(CCl)c1F. The summed E-state index contributed by atoms with van der Waals surface area (Å²) in [6, 6.07) is 2.74. The number of hydrogen-bond donors (Lipinski definition) is 0.